The van der Waals surface area contributed by atoms with Crippen molar-refractivity contribution in [2.45, 2.75) is 18.8 Å². The lowest BCUT2D eigenvalue weighted by atomic mass is 9.96. The van der Waals surface area contributed by atoms with Crippen molar-refractivity contribution in [2.24, 2.45) is 0 Å². The average Bonchev–Trinajstić information content (AvgIpc) is 3.57. The first-order valence-electron chi connectivity index (χ1n) is 12.8. The van der Waals surface area contributed by atoms with Crippen molar-refractivity contribution in [3.05, 3.63) is 65.6 Å². The fraction of sp³-hybridized carbons (Fsp3) is 0.345. The van der Waals surface area contributed by atoms with Gasteiger partial charge in [-0.3, -0.25) is 4.90 Å². The molecule has 6 rings (SSSR count). The molecule has 0 unspecified atom stereocenters. The Kier molecular flexibility index (Phi) is 6.91. The number of methoxy groups -OCH3 is 2. The van der Waals surface area contributed by atoms with E-state index in [1.807, 2.05) is 54.7 Å². The topological polar surface area (TPSA) is 66.7 Å². The maximum atomic E-state index is 6.40. The molecule has 8 nitrogen and oxygen atoms in total. The molecule has 0 amide bonds. The Morgan fingerprint density at radius 3 is 2.50 bits per heavy atom. The number of para-hydroxylation sites is 1. The number of hydrogen-bond acceptors (Lipinski definition) is 7. The summed E-state index contributed by atoms with van der Waals surface area (Å²) >= 11 is 6.40. The van der Waals surface area contributed by atoms with Gasteiger partial charge >= 0.3 is 0 Å². The number of halogens is 1. The maximum Gasteiger partial charge on any atom is 0.231 e. The first-order chi connectivity index (χ1) is 18.6. The van der Waals surface area contributed by atoms with E-state index in [-0.39, 0.29) is 6.79 Å². The van der Waals surface area contributed by atoms with Gasteiger partial charge < -0.3 is 28.1 Å². The number of hydrogen-bond donors (Lipinski definition) is 0. The van der Waals surface area contributed by atoms with Gasteiger partial charge in [-0.1, -0.05) is 17.7 Å². The molecule has 0 aliphatic carbocycles. The minimum Gasteiger partial charge on any atom is -0.493 e. The highest BCUT2D eigenvalue weighted by atomic mass is 35.5. The Labute approximate surface area is 226 Å². The molecule has 38 heavy (non-hydrogen) atoms. The van der Waals surface area contributed by atoms with Gasteiger partial charge in [-0.05, 0) is 68.4 Å². The van der Waals surface area contributed by atoms with Crippen LogP contribution in [0.4, 0.5) is 0 Å². The molecular formula is C29H30ClN3O5. The second-order valence-corrected chi connectivity index (χ2v) is 9.88. The second kappa shape index (κ2) is 10.6. The van der Waals surface area contributed by atoms with Crippen LogP contribution in [0, 0.1) is 0 Å². The van der Waals surface area contributed by atoms with Crippen molar-refractivity contribution in [2.75, 3.05) is 47.3 Å². The Bertz CT molecular complexity index is 1430. The zero-order valence-corrected chi connectivity index (χ0v) is 22.2. The van der Waals surface area contributed by atoms with E-state index < -0.39 is 0 Å². The Balaban J connectivity index is 1.15. The van der Waals surface area contributed by atoms with Gasteiger partial charge in [0, 0.05) is 29.2 Å². The standard InChI is InChI=1S/C29H30ClN3O5/c1-34-24-4-3-5-25(35-2)28(24)36-15-14-32-11-8-19(9-12-32)29-31-27(22-17-21(30)10-13-33(22)29)20-6-7-23-26(16-20)38-18-37-23/h3-7,10,13,16-17,19H,8-9,11-12,14-15,18H2,1-2H3. The Morgan fingerprint density at radius 1 is 0.974 bits per heavy atom. The van der Waals surface area contributed by atoms with E-state index in [4.69, 9.17) is 40.3 Å². The van der Waals surface area contributed by atoms with Crippen LogP contribution < -0.4 is 23.7 Å². The third-order valence-corrected chi connectivity index (χ3v) is 7.50. The van der Waals surface area contributed by atoms with Crippen LogP contribution in [0.2, 0.25) is 5.02 Å². The molecule has 4 aromatic rings. The molecule has 2 aliphatic rings. The molecule has 0 saturated carbocycles. The van der Waals surface area contributed by atoms with E-state index in [0.717, 1.165) is 66.6 Å². The third-order valence-electron chi connectivity index (χ3n) is 7.27. The summed E-state index contributed by atoms with van der Waals surface area (Å²) < 4.78 is 30.2. The van der Waals surface area contributed by atoms with Crippen LogP contribution in [0.25, 0.3) is 16.8 Å². The Morgan fingerprint density at radius 2 is 1.74 bits per heavy atom. The van der Waals surface area contributed by atoms with Gasteiger partial charge in [-0.2, -0.15) is 0 Å². The molecule has 2 aromatic carbocycles. The summed E-state index contributed by atoms with van der Waals surface area (Å²) in [5, 5.41) is 0.687. The summed E-state index contributed by atoms with van der Waals surface area (Å²) in [6.07, 6.45) is 4.05. The molecule has 2 aliphatic heterocycles. The highest BCUT2D eigenvalue weighted by Crippen LogP contribution is 2.39. The number of pyridine rings is 1. The minimum atomic E-state index is 0.246. The second-order valence-electron chi connectivity index (χ2n) is 9.44. The van der Waals surface area contributed by atoms with Crippen molar-refractivity contribution in [1.29, 1.82) is 0 Å². The van der Waals surface area contributed by atoms with Crippen LogP contribution in [0.1, 0.15) is 24.6 Å². The van der Waals surface area contributed by atoms with Crippen LogP contribution in [0.5, 0.6) is 28.7 Å². The quantitative estimate of drug-likeness (QED) is 0.288. The van der Waals surface area contributed by atoms with Crippen LogP contribution in [0.3, 0.4) is 0 Å². The highest BCUT2D eigenvalue weighted by Gasteiger charge is 2.26. The Hall–Kier alpha value is -3.62. The highest BCUT2D eigenvalue weighted by molar-refractivity contribution is 6.31. The van der Waals surface area contributed by atoms with Gasteiger partial charge in [0.1, 0.15) is 12.4 Å². The van der Waals surface area contributed by atoms with E-state index in [9.17, 15) is 0 Å². The van der Waals surface area contributed by atoms with Crippen molar-refractivity contribution in [3.63, 3.8) is 0 Å². The number of likely N-dealkylation sites (tertiary alicyclic amines) is 1. The number of aromatic nitrogens is 2. The number of piperidine rings is 1. The summed E-state index contributed by atoms with van der Waals surface area (Å²) in [5.74, 6) is 4.91. The molecule has 0 N–H and O–H groups in total. The maximum absolute atomic E-state index is 6.40. The predicted octanol–water partition coefficient (Wildman–Crippen LogP) is 5.66. The minimum absolute atomic E-state index is 0.246. The summed E-state index contributed by atoms with van der Waals surface area (Å²) in [4.78, 5) is 7.59. The van der Waals surface area contributed by atoms with Crippen LogP contribution in [0.15, 0.2) is 54.7 Å². The summed E-state index contributed by atoms with van der Waals surface area (Å²) in [5.41, 5.74) is 2.89. The average molecular weight is 536 g/mol. The zero-order valence-electron chi connectivity index (χ0n) is 21.5. The van der Waals surface area contributed by atoms with Crippen LogP contribution in [-0.4, -0.2) is 61.5 Å². The molecule has 4 heterocycles. The fourth-order valence-electron chi connectivity index (χ4n) is 5.28. The summed E-state index contributed by atoms with van der Waals surface area (Å²) in [6, 6.07) is 15.5. The molecule has 198 valence electrons. The monoisotopic (exact) mass is 535 g/mol. The smallest absolute Gasteiger partial charge is 0.231 e. The number of benzene rings is 2. The molecule has 0 spiro atoms. The van der Waals surface area contributed by atoms with Gasteiger partial charge in [-0.15, -0.1) is 0 Å². The summed E-state index contributed by atoms with van der Waals surface area (Å²) in [7, 11) is 3.27. The van der Waals surface area contributed by atoms with Gasteiger partial charge in [0.2, 0.25) is 12.5 Å². The van der Waals surface area contributed by atoms with Gasteiger partial charge in [0.05, 0.1) is 25.4 Å². The van der Waals surface area contributed by atoms with E-state index in [1.165, 1.54) is 0 Å². The molecular weight excluding hydrogens is 506 g/mol. The van der Waals surface area contributed by atoms with E-state index in [2.05, 4.69) is 9.30 Å². The number of nitrogens with zero attached hydrogens (tertiary/aromatic N) is 3. The van der Waals surface area contributed by atoms with Crippen molar-refractivity contribution in [3.8, 4) is 40.0 Å². The first-order valence-corrected chi connectivity index (χ1v) is 13.2. The van der Waals surface area contributed by atoms with Gasteiger partial charge in [-0.25, -0.2) is 4.98 Å². The number of rotatable bonds is 8. The molecule has 0 bridgehead atoms. The molecule has 0 atom stereocenters. The van der Waals surface area contributed by atoms with Crippen LogP contribution >= 0.6 is 11.6 Å². The third kappa shape index (κ3) is 4.70. The van der Waals surface area contributed by atoms with E-state index in [1.54, 1.807) is 14.2 Å². The van der Waals surface area contributed by atoms with Crippen molar-refractivity contribution < 1.29 is 23.7 Å². The number of ether oxygens (including phenoxy) is 5. The van der Waals surface area contributed by atoms with Gasteiger partial charge in [0.25, 0.3) is 0 Å². The molecule has 0 radical (unpaired) electrons. The SMILES string of the molecule is COc1cccc(OC)c1OCCN1CCC(c2nc(-c3ccc4c(c3)OCO4)c3cc(Cl)ccn23)CC1. The predicted molar refractivity (Wildman–Crippen MR) is 145 cm³/mol. The van der Waals surface area contributed by atoms with E-state index >= 15 is 0 Å². The lowest BCUT2D eigenvalue weighted by molar-refractivity contribution is 0.167. The lowest BCUT2D eigenvalue weighted by Gasteiger charge is -2.31. The first kappa shape index (κ1) is 24.7. The zero-order chi connectivity index (χ0) is 26.1. The fourth-order valence-corrected chi connectivity index (χ4v) is 5.44. The number of fused-ring (bicyclic) bond motifs is 2. The van der Waals surface area contributed by atoms with Gasteiger partial charge in [0.15, 0.2) is 23.0 Å². The largest absolute Gasteiger partial charge is 0.493 e. The number of imidazole rings is 1. The van der Waals surface area contributed by atoms with Crippen LogP contribution in [-0.2, 0) is 0 Å². The van der Waals surface area contributed by atoms with Crippen molar-refractivity contribution in [1.82, 2.24) is 14.3 Å². The lowest BCUT2D eigenvalue weighted by Crippen LogP contribution is -2.36. The molecule has 2 aromatic heterocycles. The normalized spacial score (nSPS) is 15.7. The van der Waals surface area contributed by atoms with E-state index in [0.29, 0.717) is 34.8 Å². The molecule has 1 fully saturated rings. The molecule has 1 saturated heterocycles. The van der Waals surface area contributed by atoms with Crippen molar-refractivity contribution >= 4 is 17.1 Å². The molecule has 9 heteroatoms. The summed E-state index contributed by atoms with van der Waals surface area (Å²) in [6.45, 7) is 3.57.